The molecule has 0 aliphatic carbocycles. The molecule has 0 aromatic carbocycles. The summed E-state index contributed by atoms with van der Waals surface area (Å²) in [5, 5.41) is 3.67. The number of rotatable bonds is 3. The summed E-state index contributed by atoms with van der Waals surface area (Å²) in [5.74, 6) is 0.0218. The van der Waals surface area contributed by atoms with E-state index in [-0.39, 0.29) is 18.1 Å². The number of likely N-dealkylation sites (tertiary alicyclic amines) is 1. The normalized spacial score (nSPS) is 31.5. The summed E-state index contributed by atoms with van der Waals surface area (Å²) < 4.78 is 6.15. The molecule has 0 N–H and O–H groups in total. The SMILES string of the molecule is Cc1ccsc1CN1CC[C@H]2O[C@H](C(=O)N3CCCO3)CC[C@H]21. The molecule has 6 heteroatoms. The van der Waals surface area contributed by atoms with Gasteiger partial charge in [0.05, 0.1) is 19.3 Å². The van der Waals surface area contributed by atoms with Gasteiger partial charge in [0.15, 0.2) is 0 Å². The Morgan fingerprint density at radius 3 is 3.00 bits per heavy atom. The molecule has 1 amide bonds. The molecule has 3 saturated heterocycles. The fourth-order valence-electron chi connectivity index (χ4n) is 3.93. The molecular formula is C17H24N2O3S. The Labute approximate surface area is 141 Å². The summed E-state index contributed by atoms with van der Waals surface area (Å²) in [4.78, 5) is 21.8. The minimum Gasteiger partial charge on any atom is -0.363 e. The van der Waals surface area contributed by atoms with Crippen LogP contribution in [0.3, 0.4) is 0 Å². The molecule has 23 heavy (non-hydrogen) atoms. The van der Waals surface area contributed by atoms with Crippen molar-refractivity contribution in [2.24, 2.45) is 0 Å². The molecule has 3 atom stereocenters. The lowest BCUT2D eigenvalue weighted by Gasteiger charge is -2.36. The van der Waals surface area contributed by atoms with Crippen molar-refractivity contribution >= 4 is 17.2 Å². The van der Waals surface area contributed by atoms with Crippen LogP contribution in [0.2, 0.25) is 0 Å². The second-order valence-electron chi connectivity index (χ2n) is 6.72. The van der Waals surface area contributed by atoms with E-state index in [0.717, 1.165) is 38.8 Å². The van der Waals surface area contributed by atoms with Crippen molar-refractivity contribution in [1.29, 1.82) is 0 Å². The molecule has 1 aromatic heterocycles. The average Bonchev–Trinajstić information content (AvgIpc) is 3.29. The number of carbonyl (C=O) groups excluding carboxylic acids is 1. The van der Waals surface area contributed by atoms with Crippen LogP contribution in [0.15, 0.2) is 11.4 Å². The smallest absolute Gasteiger partial charge is 0.275 e. The molecule has 3 aliphatic rings. The third-order valence-electron chi connectivity index (χ3n) is 5.25. The van der Waals surface area contributed by atoms with Crippen LogP contribution in [0.1, 0.15) is 36.1 Å². The number of ether oxygens (including phenoxy) is 1. The number of fused-ring (bicyclic) bond motifs is 1. The Bertz CT molecular complexity index is 570. The van der Waals surface area contributed by atoms with Gasteiger partial charge in [-0.05, 0) is 49.6 Å². The quantitative estimate of drug-likeness (QED) is 0.850. The topological polar surface area (TPSA) is 42.0 Å². The standard InChI is InChI=1S/C17H24N2O3S/c1-12-6-10-23-16(12)11-18-8-5-14-13(18)3-4-15(22-14)17(20)19-7-2-9-21-19/h6,10,13-15H,2-5,7-9,11H2,1H3/t13-,14-,15+/m1/s1. The molecule has 5 nitrogen and oxygen atoms in total. The van der Waals surface area contributed by atoms with Gasteiger partial charge in [-0.15, -0.1) is 11.3 Å². The van der Waals surface area contributed by atoms with Crippen LogP contribution in [-0.2, 0) is 20.9 Å². The molecule has 0 saturated carbocycles. The van der Waals surface area contributed by atoms with E-state index in [1.54, 1.807) is 0 Å². The molecular weight excluding hydrogens is 312 g/mol. The lowest BCUT2D eigenvalue weighted by atomic mass is 9.98. The monoisotopic (exact) mass is 336 g/mol. The van der Waals surface area contributed by atoms with Crippen LogP contribution >= 0.6 is 11.3 Å². The molecule has 0 bridgehead atoms. The second kappa shape index (κ2) is 6.51. The minimum absolute atomic E-state index is 0.0218. The highest BCUT2D eigenvalue weighted by atomic mass is 32.1. The zero-order valence-electron chi connectivity index (χ0n) is 13.6. The maximum absolute atomic E-state index is 12.4. The zero-order chi connectivity index (χ0) is 15.8. The first-order valence-electron chi connectivity index (χ1n) is 8.59. The van der Waals surface area contributed by atoms with Gasteiger partial charge >= 0.3 is 0 Å². The Kier molecular flexibility index (Phi) is 4.41. The predicted molar refractivity (Wildman–Crippen MR) is 88.0 cm³/mol. The van der Waals surface area contributed by atoms with E-state index in [0.29, 0.717) is 19.2 Å². The first-order valence-corrected chi connectivity index (χ1v) is 9.47. The van der Waals surface area contributed by atoms with Gasteiger partial charge in [0.2, 0.25) is 0 Å². The van der Waals surface area contributed by atoms with Gasteiger partial charge in [-0.1, -0.05) is 0 Å². The number of nitrogens with zero attached hydrogens (tertiary/aromatic N) is 2. The molecule has 1 aromatic rings. The summed E-state index contributed by atoms with van der Waals surface area (Å²) in [6.45, 7) is 5.62. The molecule has 0 unspecified atom stereocenters. The lowest BCUT2D eigenvalue weighted by molar-refractivity contribution is -0.189. The fraction of sp³-hybridized carbons (Fsp3) is 0.706. The van der Waals surface area contributed by atoms with E-state index >= 15 is 0 Å². The highest BCUT2D eigenvalue weighted by Gasteiger charge is 2.43. The number of hydrogen-bond acceptors (Lipinski definition) is 5. The van der Waals surface area contributed by atoms with Crippen LogP contribution in [0.5, 0.6) is 0 Å². The average molecular weight is 336 g/mol. The predicted octanol–water partition coefficient (Wildman–Crippen LogP) is 2.34. The highest BCUT2D eigenvalue weighted by molar-refractivity contribution is 7.10. The Morgan fingerprint density at radius 1 is 1.35 bits per heavy atom. The number of hydrogen-bond donors (Lipinski definition) is 0. The van der Waals surface area contributed by atoms with Crippen molar-refractivity contribution in [3.63, 3.8) is 0 Å². The third-order valence-corrected chi connectivity index (χ3v) is 6.26. The summed E-state index contributed by atoms with van der Waals surface area (Å²) in [7, 11) is 0. The van der Waals surface area contributed by atoms with Crippen LogP contribution in [-0.4, -0.2) is 53.8 Å². The molecule has 3 fully saturated rings. The van der Waals surface area contributed by atoms with E-state index in [4.69, 9.17) is 9.57 Å². The number of carbonyl (C=O) groups is 1. The van der Waals surface area contributed by atoms with Gasteiger partial charge in [0.25, 0.3) is 5.91 Å². The maximum atomic E-state index is 12.4. The van der Waals surface area contributed by atoms with Gasteiger partial charge in [-0.25, -0.2) is 5.06 Å². The van der Waals surface area contributed by atoms with Gasteiger partial charge in [-0.2, -0.15) is 0 Å². The van der Waals surface area contributed by atoms with Crippen molar-refractivity contribution in [3.8, 4) is 0 Å². The van der Waals surface area contributed by atoms with Gasteiger partial charge < -0.3 is 4.74 Å². The number of hydroxylamine groups is 2. The molecule has 4 rings (SSSR count). The summed E-state index contributed by atoms with van der Waals surface area (Å²) in [6, 6.07) is 2.65. The summed E-state index contributed by atoms with van der Waals surface area (Å²) >= 11 is 1.84. The van der Waals surface area contributed by atoms with E-state index < -0.39 is 0 Å². The van der Waals surface area contributed by atoms with Gasteiger partial charge in [0.1, 0.15) is 6.10 Å². The van der Waals surface area contributed by atoms with Crippen LogP contribution in [0.25, 0.3) is 0 Å². The van der Waals surface area contributed by atoms with E-state index in [1.807, 2.05) is 11.3 Å². The Balaban J connectivity index is 1.37. The zero-order valence-corrected chi connectivity index (χ0v) is 14.4. The molecule has 126 valence electrons. The van der Waals surface area contributed by atoms with E-state index in [1.165, 1.54) is 15.5 Å². The molecule has 4 heterocycles. The molecule has 0 radical (unpaired) electrons. The Morgan fingerprint density at radius 2 is 2.26 bits per heavy atom. The van der Waals surface area contributed by atoms with Crippen LogP contribution in [0.4, 0.5) is 0 Å². The first-order chi connectivity index (χ1) is 11.2. The van der Waals surface area contributed by atoms with Crippen LogP contribution < -0.4 is 0 Å². The number of aryl methyl sites for hydroxylation is 1. The fourth-order valence-corrected chi connectivity index (χ4v) is 4.86. The van der Waals surface area contributed by atoms with Crippen LogP contribution in [0, 0.1) is 6.92 Å². The van der Waals surface area contributed by atoms with Gasteiger partial charge in [-0.3, -0.25) is 14.5 Å². The van der Waals surface area contributed by atoms with Crippen molar-refractivity contribution in [1.82, 2.24) is 9.96 Å². The largest absolute Gasteiger partial charge is 0.363 e. The van der Waals surface area contributed by atoms with Crippen molar-refractivity contribution in [2.45, 2.75) is 57.4 Å². The number of thiophene rings is 1. The molecule has 3 aliphatic heterocycles. The van der Waals surface area contributed by atoms with Crippen molar-refractivity contribution in [3.05, 3.63) is 21.9 Å². The minimum atomic E-state index is -0.308. The third kappa shape index (κ3) is 3.05. The highest BCUT2D eigenvalue weighted by Crippen LogP contribution is 2.34. The number of amides is 1. The molecule has 0 spiro atoms. The van der Waals surface area contributed by atoms with Crippen molar-refractivity contribution < 1.29 is 14.4 Å². The second-order valence-corrected chi connectivity index (χ2v) is 7.72. The van der Waals surface area contributed by atoms with Gasteiger partial charge in [0, 0.05) is 24.0 Å². The summed E-state index contributed by atoms with van der Waals surface area (Å²) in [5.41, 5.74) is 1.38. The lowest BCUT2D eigenvalue weighted by Crippen LogP contribution is -2.48. The first kappa shape index (κ1) is 15.6. The Hall–Kier alpha value is -0.950. The van der Waals surface area contributed by atoms with Crippen molar-refractivity contribution in [2.75, 3.05) is 19.7 Å². The van der Waals surface area contributed by atoms with E-state index in [2.05, 4.69) is 23.3 Å². The van der Waals surface area contributed by atoms with E-state index in [9.17, 15) is 4.79 Å². The summed E-state index contributed by atoms with van der Waals surface area (Å²) in [6.07, 6.45) is 3.69. The maximum Gasteiger partial charge on any atom is 0.275 e.